The molecule has 0 heterocycles. The van der Waals surface area contributed by atoms with Crippen LogP contribution in [0, 0.1) is 0 Å². The second-order valence-corrected chi connectivity index (χ2v) is 5.63. The molecule has 0 unspecified atom stereocenters. The van der Waals surface area contributed by atoms with Crippen molar-refractivity contribution < 1.29 is 14.7 Å². The van der Waals surface area contributed by atoms with E-state index in [1.165, 1.54) is 12.1 Å². The molecule has 7 heteroatoms. The van der Waals surface area contributed by atoms with Crippen LogP contribution in [0.2, 0.25) is 0 Å². The van der Waals surface area contributed by atoms with Crippen LogP contribution in [-0.2, 0) is 0 Å². The molecule has 0 aliphatic rings. The minimum Gasteiger partial charge on any atom is -0.478 e. The van der Waals surface area contributed by atoms with Crippen LogP contribution in [0.15, 0.2) is 53.0 Å². The Morgan fingerprint density at radius 1 is 1.05 bits per heavy atom. The van der Waals surface area contributed by atoms with E-state index in [2.05, 4.69) is 26.6 Å². The number of anilines is 1. The molecule has 0 aliphatic carbocycles. The molecule has 0 spiro atoms. The molecule has 0 aromatic heterocycles. The van der Waals surface area contributed by atoms with Crippen LogP contribution in [0.1, 0.15) is 20.7 Å². The van der Waals surface area contributed by atoms with Crippen molar-refractivity contribution in [2.75, 3.05) is 5.32 Å². The molecule has 0 saturated heterocycles. The summed E-state index contributed by atoms with van der Waals surface area (Å²) in [6.07, 6.45) is 0. The minimum absolute atomic E-state index is 0.0903. The van der Waals surface area contributed by atoms with E-state index in [-0.39, 0.29) is 16.6 Å². The molecule has 0 aliphatic heterocycles. The number of carboxylic acids is 1. The smallest absolute Gasteiger partial charge is 0.335 e. The summed E-state index contributed by atoms with van der Waals surface area (Å²) in [5.74, 6) is -1.39. The van der Waals surface area contributed by atoms with Gasteiger partial charge in [0.05, 0.1) is 5.56 Å². The SMILES string of the molecule is O=C(O)c1cccc(NC(=S)NC(=O)c2cccc(Br)c2)c1. The van der Waals surface area contributed by atoms with Gasteiger partial charge in [-0.1, -0.05) is 28.1 Å². The van der Waals surface area contributed by atoms with Gasteiger partial charge in [0.1, 0.15) is 0 Å². The highest BCUT2D eigenvalue weighted by atomic mass is 79.9. The summed E-state index contributed by atoms with van der Waals surface area (Å²) in [5, 5.41) is 14.3. The van der Waals surface area contributed by atoms with Gasteiger partial charge in [-0.2, -0.15) is 0 Å². The van der Waals surface area contributed by atoms with Gasteiger partial charge in [0.15, 0.2) is 5.11 Å². The van der Waals surface area contributed by atoms with Crippen LogP contribution in [0.4, 0.5) is 5.69 Å². The van der Waals surface area contributed by atoms with E-state index in [1.54, 1.807) is 30.3 Å². The van der Waals surface area contributed by atoms with Crippen LogP contribution in [0.25, 0.3) is 0 Å². The quantitative estimate of drug-likeness (QED) is 0.714. The number of amides is 1. The first-order valence-electron chi connectivity index (χ1n) is 6.17. The average Bonchev–Trinajstić information content (AvgIpc) is 2.47. The summed E-state index contributed by atoms with van der Waals surface area (Å²) in [6.45, 7) is 0. The summed E-state index contributed by atoms with van der Waals surface area (Å²) in [5.41, 5.74) is 1.07. The highest BCUT2D eigenvalue weighted by molar-refractivity contribution is 9.10. The fourth-order valence-corrected chi connectivity index (χ4v) is 2.31. The van der Waals surface area contributed by atoms with E-state index in [4.69, 9.17) is 17.3 Å². The topological polar surface area (TPSA) is 78.4 Å². The standard InChI is InChI=1S/C15H11BrN2O3S/c16-11-5-1-3-9(7-11)13(19)18-15(22)17-12-6-2-4-10(8-12)14(20)21/h1-8H,(H,20,21)(H2,17,18,19,22). The number of carbonyl (C=O) groups excluding carboxylic acids is 1. The van der Waals surface area contributed by atoms with Crippen LogP contribution in [0.3, 0.4) is 0 Å². The van der Waals surface area contributed by atoms with Crippen LogP contribution in [0.5, 0.6) is 0 Å². The first-order chi connectivity index (χ1) is 10.5. The van der Waals surface area contributed by atoms with Gasteiger partial charge in [-0.05, 0) is 48.6 Å². The molecule has 1 amide bonds. The average molecular weight is 379 g/mol. The number of aromatic carboxylic acids is 1. The van der Waals surface area contributed by atoms with E-state index < -0.39 is 5.97 Å². The second kappa shape index (κ2) is 7.15. The van der Waals surface area contributed by atoms with Gasteiger partial charge in [0.25, 0.3) is 5.91 Å². The summed E-state index contributed by atoms with van der Waals surface area (Å²) >= 11 is 8.34. The molecule has 0 saturated carbocycles. The molecule has 0 bridgehead atoms. The monoisotopic (exact) mass is 378 g/mol. The number of benzene rings is 2. The Morgan fingerprint density at radius 3 is 2.41 bits per heavy atom. The van der Waals surface area contributed by atoms with Crippen LogP contribution >= 0.6 is 28.1 Å². The third kappa shape index (κ3) is 4.37. The van der Waals surface area contributed by atoms with E-state index >= 15 is 0 Å². The fourth-order valence-electron chi connectivity index (χ4n) is 1.70. The molecule has 3 N–H and O–H groups in total. The van der Waals surface area contributed by atoms with Crippen molar-refractivity contribution in [3.05, 3.63) is 64.1 Å². The lowest BCUT2D eigenvalue weighted by Gasteiger charge is -2.10. The van der Waals surface area contributed by atoms with Crippen LogP contribution < -0.4 is 10.6 Å². The maximum Gasteiger partial charge on any atom is 0.335 e. The summed E-state index contributed by atoms with van der Waals surface area (Å²) in [4.78, 5) is 22.9. The maximum absolute atomic E-state index is 12.0. The predicted molar refractivity (Wildman–Crippen MR) is 91.2 cm³/mol. The molecule has 0 radical (unpaired) electrons. The lowest BCUT2D eigenvalue weighted by Crippen LogP contribution is -2.34. The summed E-state index contributed by atoms with van der Waals surface area (Å²) in [7, 11) is 0. The molecule has 0 atom stereocenters. The van der Waals surface area contributed by atoms with Crippen molar-refractivity contribution in [1.82, 2.24) is 5.32 Å². The molecular formula is C15H11BrN2O3S. The van der Waals surface area contributed by atoms with Gasteiger partial charge < -0.3 is 10.4 Å². The Kier molecular flexibility index (Phi) is 5.24. The highest BCUT2D eigenvalue weighted by Crippen LogP contribution is 2.12. The molecule has 2 aromatic carbocycles. The number of halogens is 1. The third-order valence-electron chi connectivity index (χ3n) is 2.68. The lowest BCUT2D eigenvalue weighted by atomic mass is 10.2. The Labute approximate surface area is 140 Å². The number of carboxylic acid groups (broad SMARTS) is 1. The van der Waals surface area contributed by atoms with Crippen molar-refractivity contribution in [3.8, 4) is 0 Å². The number of thiocarbonyl (C=S) groups is 1. The van der Waals surface area contributed by atoms with Gasteiger partial charge in [0.2, 0.25) is 0 Å². The van der Waals surface area contributed by atoms with Crippen LogP contribution in [-0.4, -0.2) is 22.1 Å². The Balaban J connectivity index is 2.02. The number of hydrogen-bond acceptors (Lipinski definition) is 3. The maximum atomic E-state index is 12.0. The summed E-state index contributed by atoms with van der Waals surface area (Å²) in [6, 6.07) is 13.0. The minimum atomic E-state index is -1.03. The second-order valence-electron chi connectivity index (χ2n) is 4.30. The van der Waals surface area contributed by atoms with Gasteiger partial charge in [-0.3, -0.25) is 10.1 Å². The van der Waals surface area contributed by atoms with Gasteiger partial charge in [-0.25, -0.2) is 4.79 Å². The van der Waals surface area contributed by atoms with E-state index in [0.29, 0.717) is 11.3 Å². The molecular weight excluding hydrogens is 368 g/mol. The van der Waals surface area contributed by atoms with Crippen molar-refractivity contribution in [2.45, 2.75) is 0 Å². The molecule has 2 rings (SSSR count). The zero-order valence-electron chi connectivity index (χ0n) is 11.2. The Morgan fingerprint density at radius 2 is 1.73 bits per heavy atom. The molecule has 112 valence electrons. The lowest BCUT2D eigenvalue weighted by molar-refractivity contribution is 0.0696. The molecule has 5 nitrogen and oxygen atoms in total. The predicted octanol–water partition coefficient (Wildman–Crippen LogP) is 3.27. The zero-order valence-corrected chi connectivity index (χ0v) is 13.6. The zero-order chi connectivity index (χ0) is 16.1. The Bertz CT molecular complexity index is 749. The number of carbonyl (C=O) groups is 2. The van der Waals surface area contributed by atoms with Crippen molar-refractivity contribution in [1.29, 1.82) is 0 Å². The molecule has 22 heavy (non-hydrogen) atoms. The van der Waals surface area contributed by atoms with Crippen molar-refractivity contribution >= 4 is 50.8 Å². The largest absolute Gasteiger partial charge is 0.478 e. The van der Waals surface area contributed by atoms with E-state index in [0.717, 1.165) is 4.47 Å². The van der Waals surface area contributed by atoms with E-state index in [1.807, 2.05) is 6.07 Å². The van der Waals surface area contributed by atoms with Crippen molar-refractivity contribution in [2.24, 2.45) is 0 Å². The van der Waals surface area contributed by atoms with Gasteiger partial charge in [-0.15, -0.1) is 0 Å². The van der Waals surface area contributed by atoms with Crippen molar-refractivity contribution in [3.63, 3.8) is 0 Å². The molecule has 0 fully saturated rings. The number of nitrogens with one attached hydrogen (secondary N) is 2. The first-order valence-corrected chi connectivity index (χ1v) is 7.37. The third-order valence-corrected chi connectivity index (χ3v) is 3.38. The first kappa shape index (κ1) is 16.1. The normalized spacial score (nSPS) is 9.86. The number of hydrogen-bond donors (Lipinski definition) is 3. The fraction of sp³-hybridized carbons (Fsp3) is 0. The summed E-state index contributed by atoms with van der Waals surface area (Å²) < 4.78 is 0.785. The van der Waals surface area contributed by atoms with Gasteiger partial charge in [0, 0.05) is 15.7 Å². The Hall–Kier alpha value is -2.25. The number of rotatable bonds is 3. The molecule has 2 aromatic rings. The van der Waals surface area contributed by atoms with Gasteiger partial charge >= 0.3 is 5.97 Å². The van der Waals surface area contributed by atoms with E-state index in [9.17, 15) is 9.59 Å². The highest BCUT2D eigenvalue weighted by Gasteiger charge is 2.09.